The van der Waals surface area contributed by atoms with Crippen molar-refractivity contribution < 1.29 is 75.2 Å². The second-order valence-corrected chi connectivity index (χ2v) is 12.1. The van der Waals surface area contributed by atoms with Crippen LogP contribution in [0.3, 0.4) is 0 Å². The number of carboxylic acid groups (broad SMARTS) is 2. The first-order valence-corrected chi connectivity index (χ1v) is 16.5. The Hall–Kier alpha value is -2.28. The molecule has 288 valence electrons. The first-order chi connectivity index (χ1) is 23.3. The first-order valence-electron chi connectivity index (χ1n) is 16.5. The molecule has 4 aliphatic rings. The molecule has 0 aromatic carbocycles. The highest BCUT2D eigenvalue weighted by atomic mass is 16.6. The molecule has 2 saturated heterocycles. The zero-order valence-electron chi connectivity index (χ0n) is 29.0. The summed E-state index contributed by atoms with van der Waals surface area (Å²) in [5.41, 5.74) is -0.667. The van der Waals surface area contributed by atoms with Crippen molar-refractivity contribution >= 4 is 11.9 Å². The molecule has 11 N–H and O–H groups in total. The molecule has 2 aliphatic carbocycles. The molecule has 8 atom stereocenters. The summed E-state index contributed by atoms with van der Waals surface area (Å²) in [6, 6.07) is 0. The second kappa shape index (κ2) is 29.5. The van der Waals surface area contributed by atoms with Gasteiger partial charge in [-0.05, 0) is 43.9 Å². The molecule has 2 saturated carbocycles. The van der Waals surface area contributed by atoms with Crippen LogP contribution in [0.2, 0.25) is 0 Å². The van der Waals surface area contributed by atoms with Gasteiger partial charge in [0.2, 0.25) is 0 Å². The Morgan fingerprint density at radius 3 is 0.939 bits per heavy atom. The maximum Gasteiger partial charge on any atom is 0.306 e. The van der Waals surface area contributed by atoms with E-state index in [0.29, 0.717) is 18.6 Å². The highest BCUT2D eigenvalue weighted by Gasteiger charge is 2.49. The van der Waals surface area contributed by atoms with Crippen molar-refractivity contribution in [2.24, 2.45) is 29.1 Å². The van der Waals surface area contributed by atoms with Crippen LogP contribution in [0.4, 0.5) is 0 Å². The molecule has 8 unspecified atom stereocenters. The van der Waals surface area contributed by atoms with E-state index >= 15 is 0 Å². The topological polar surface area (TPSA) is 282 Å². The van der Waals surface area contributed by atoms with Crippen LogP contribution in [-0.4, -0.2) is 152 Å². The van der Waals surface area contributed by atoms with Gasteiger partial charge in [-0.25, -0.2) is 0 Å². The number of fused-ring (bicyclic) bond motifs is 2. The Bertz CT molecular complexity index is 810. The smallest absolute Gasteiger partial charge is 0.306 e. The third-order valence-corrected chi connectivity index (χ3v) is 8.45. The Kier molecular flexibility index (Phi) is 29.3. The van der Waals surface area contributed by atoms with E-state index in [1.807, 2.05) is 20.8 Å². The average Bonchev–Trinajstić information content (AvgIpc) is 4.03. The predicted octanol–water partition coefficient (Wildman–Crippen LogP) is -0.290. The maximum absolute atomic E-state index is 10.7. The highest BCUT2D eigenvalue weighted by molar-refractivity contribution is 5.71. The summed E-state index contributed by atoms with van der Waals surface area (Å²) in [7, 11) is 0. The third kappa shape index (κ3) is 22.2. The fourth-order valence-electron chi connectivity index (χ4n) is 4.84. The second-order valence-electron chi connectivity index (χ2n) is 12.1. The molecule has 0 amide bonds. The van der Waals surface area contributed by atoms with E-state index in [-0.39, 0.29) is 95.3 Å². The summed E-state index contributed by atoms with van der Waals surface area (Å²) < 4.78 is 10.5. The fraction of sp³-hybridized carbons (Fsp3) is 0.765. The monoisotopic (exact) mass is 710 g/mol. The number of aliphatic carboxylic acids is 2. The van der Waals surface area contributed by atoms with Crippen molar-refractivity contribution in [1.82, 2.24) is 0 Å². The summed E-state index contributed by atoms with van der Waals surface area (Å²) >= 11 is 0. The molecule has 4 fully saturated rings. The number of rotatable bonds is 12. The average molecular weight is 711 g/mol. The number of aliphatic hydroxyl groups is 9. The van der Waals surface area contributed by atoms with Gasteiger partial charge in [0.1, 0.15) is 0 Å². The molecule has 49 heavy (non-hydrogen) atoms. The van der Waals surface area contributed by atoms with Gasteiger partial charge in [-0.15, -0.1) is 0 Å². The summed E-state index contributed by atoms with van der Waals surface area (Å²) in [4.78, 5) is 21.3. The third-order valence-electron chi connectivity index (χ3n) is 8.45. The summed E-state index contributed by atoms with van der Waals surface area (Å²) in [5.74, 6) is -1.08. The predicted molar refractivity (Wildman–Crippen MR) is 180 cm³/mol. The van der Waals surface area contributed by atoms with E-state index < -0.39 is 17.4 Å². The van der Waals surface area contributed by atoms with Crippen LogP contribution in [0, 0.1) is 29.1 Å². The van der Waals surface area contributed by atoms with Crippen LogP contribution in [0.15, 0.2) is 36.5 Å². The number of aliphatic hydroxyl groups excluding tert-OH is 9. The lowest BCUT2D eigenvalue weighted by molar-refractivity contribution is -0.145. The molecule has 15 heteroatoms. The molecule has 15 nitrogen and oxygen atoms in total. The van der Waals surface area contributed by atoms with Crippen molar-refractivity contribution in [2.45, 2.75) is 77.3 Å². The Morgan fingerprint density at radius 1 is 0.531 bits per heavy atom. The molecule has 0 radical (unpaired) electrons. The molecule has 0 aromatic heterocycles. The SMILES string of the molecule is CC1CC2OC2CC1C(=O)O.CC1CC2OC2CC1C(=O)O.CCC(CO)(CO)CO.OCC=CCO.OCC=CCO.OCC=CCO. The van der Waals surface area contributed by atoms with E-state index in [1.54, 1.807) is 0 Å². The first kappa shape index (κ1) is 48.8. The highest BCUT2D eigenvalue weighted by Crippen LogP contribution is 2.43. The molecular weight excluding hydrogens is 648 g/mol. The molecule has 0 aromatic rings. The minimum absolute atomic E-state index is 0.0144. The number of hydrogen-bond donors (Lipinski definition) is 11. The number of hydrogen-bond acceptors (Lipinski definition) is 13. The van der Waals surface area contributed by atoms with Crippen LogP contribution in [0.1, 0.15) is 52.9 Å². The van der Waals surface area contributed by atoms with Gasteiger partial charge in [-0.1, -0.05) is 57.2 Å². The molecule has 4 rings (SSSR count). The molecule has 0 bridgehead atoms. The van der Waals surface area contributed by atoms with Crippen molar-refractivity contribution in [2.75, 3.05) is 59.5 Å². The number of carbonyl (C=O) groups is 2. The summed E-state index contributed by atoms with van der Waals surface area (Å²) in [6.45, 7) is 5.43. The molecule has 0 spiro atoms. The Labute approximate surface area is 289 Å². The maximum atomic E-state index is 10.7. The van der Waals surface area contributed by atoms with Gasteiger partial charge in [0.05, 0.1) is 95.7 Å². The minimum Gasteiger partial charge on any atom is -0.481 e. The normalized spacial score (nSPS) is 27.6. The molecular formula is C34H62O15. The van der Waals surface area contributed by atoms with Crippen LogP contribution >= 0.6 is 0 Å². The van der Waals surface area contributed by atoms with Gasteiger partial charge in [0.15, 0.2) is 0 Å². The standard InChI is InChI=1S/2C8H12O3.C6H14O3.3C4H8O2/c2*1-4-2-6-7(11-6)3-5(4)8(9)10;1-2-6(3-7,4-8)5-9;3*5-3-1-2-4-6/h2*4-7H,2-3H2,1H3,(H,9,10);7-9H,2-5H2,1H3;3*1-2,5-6H,3-4H2. The van der Waals surface area contributed by atoms with E-state index in [1.165, 1.54) is 36.5 Å². The van der Waals surface area contributed by atoms with Crippen LogP contribution < -0.4 is 0 Å². The van der Waals surface area contributed by atoms with Crippen LogP contribution in [-0.2, 0) is 19.1 Å². The van der Waals surface area contributed by atoms with Crippen molar-refractivity contribution in [3.05, 3.63) is 36.5 Å². The van der Waals surface area contributed by atoms with Crippen molar-refractivity contribution in [3.63, 3.8) is 0 Å². The van der Waals surface area contributed by atoms with E-state index in [4.69, 9.17) is 65.6 Å². The van der Waals surface area contributed by atoms with Gasteiger partial charge in [0, 0.05) is 5.41 Å². The zero-order valence-corrected chi connectivity index (χ0v) is 29.0. The van der Waals surface area contributed by atoms with E-state index in [9.17, 15) is 9.59 Å². The van der Waals surface area contributed by atoms with Gasteiger partial charge < -0.3 is 65.6 Å². The van der Waals surface area contributed by atoms with Crippen LogP contribution in [0.5, 0.6) is 0 Å². The minimum atomic E-state index is -0.667. The number of ether oxygens (including phenoxy) is 2. The van der Waals surface area contributed by atoms with Crippen molar-refractivity contribution in [3.8, 4) is 0 Å². The Balaban J connectivity index is 0. The lowest BCUT2D eigenvalue weighted by Gasteiger charge is -2.24. The fourth-order valence-corrected chi connectivity index (χ4v) is 4.84. The largest absolute Gasteiger partial charge is 0.481 e. The van der Waals surface area contributed by atoms with Crippen LogP contribution in [0.25, 0.3) is 0 Å². The lowest BCUT2D eigenvalue weighted by Crippen LogP contribution is -2.32. The quantitative estimate of drug-likeness (QED) is 0.0917. The molecule has 2 heterocycles. The van der Waals surface area contributed by atoms with Gasteiger partial charge in [0.25, 0.3) is 0 Å². The number of epoxide rings is 2. The van der Waals surface area contributed by atoms with Gasteiger partial charge in [-0.2, -0.15) is 0 Å². The van der Waals surface area contributed by atoms with E-state index in [2.05, 4.69) is 0 Å². The lowest BCUT2D eigenvalue weighted by atomic mass is 9.81. The Morgan fingerprint density at radius 2 is 0.776 bits per heavy atom. The van der Waals surface area contributed by atoms with Gasteiger partial charge in [-0.3, -0.25) is 9.59 Å². The molecule has 2 aliphatic heterocycles. The number of carboxylic acids is 2. The summed E-state index contributed by atoms with van der Waals surface area (Å²) in [5, 5.41) is 91.5. The zero-order chi connectivity index (χ0) is 37.8. The summed E-state index contributed by atoms with van der Waals surface area (Å²) in [6.07, 6.45) is 14.1. The van der Waals surface area contributed by atoms with E-state index in [0.717, 1.165) is 25.7 Å². The van der Waals surface area contributed by atoms with Crippen molar-refractivity contribution in [1.29, 1.82) is 0 Å². The van der Waals surface area contributed by atoms with Gasteiger partial charge >= 0.3 is 11.9 Å².